The molecule has 0 saturated carbocycles. The number of nitrogens with zero attached hydrogens (tertiary/aromatic N) is 1. The Labute approximate surface area is 117 Å². The van der Waals surface area contributed by atoms with Crippen LogP contribution in [-0.4, -0.2) is 24.1 Å². The first-order valence-corrected chi connectivity index (χ1v) is 6.16. The first kappa shape index (κ1) is 13.9. The van der Waals surface area contributed by atoms with Crippen LogP contribution in [0.5, 0.6) is 11.5 Å². The van der Waals surface area contributed by atoms with Crippen LogP contribution in [0.15, 0.2) is 42.7 Å². The molecule has 1 amide bonds. The van der Waals surface area contributed by atoms with E-state index in [1.807, 2.05) is 24.3 Å². The van der Waals surface area contributed by atoms with Crippen LogP contribution in [-0.2, 0) is 4.79 Å². The molecule has 0 aliphatic rings. The summed E-state index contributed by atoms with van der Waals surface area (Å²) in [4.78, 5) is 15.2. The molecule has 0 radical (unpaired) electrons. The SMILES string of the molecule is COc1cncc(-c2ccccc2OC(C)C(N)=O)c1. The van der Waals surface area contributed by atoms with Crippen LogP contribution >= 0.6 is 0 Å². The van der Waals surface area contributed by atoms with E-state index >= 15 is 0 Å². The molecule has 0 aliphatic heterocycles. The molecule has 1 unspecified atom stereocenters. The van der Waals surface area contributed by atoms with Crippen molar-refractivity contribution < 1.29 is 14.3 Å². The third kappa shape index (κ3) is 3.06. The number of carbonyl (C=O) groups is 1. The minimum absolute atomic E-state index is 0.511. The summed E-state index contributed by atoms with van der Waals surface area (Å²) in [6.45, 7) is 1.61. The van der Waals surface area contributed by atoms with Gasteiger partial charge in [-0.15, -0.1) is 0 Å². The summed E-state index contributed by atoms with van der Waals surface area (Å²) in [6, 6.07) is 9.24. The standard InChI is InChI=1S/C15H16N2O3/c1-10(15(16)18)20-14-6-4-3-5-13(14)11-7-12(19-2)9-17-8-11/h3-10H,1-2H3,(H2,16,18). The quantitative estimate of drug-likeness (QED) is 0.903. The fraction of sp³-hybridized carbons (Fsp3) is 0.200. The molecule has 1 aromatic carbocycles. The summed E-state index contributed by atoms with van der Waals surface area (Å²) >= 11 is 0. The second kappa shape index (κ2) is 6.06. The Kier molecular flexibility index (Phi) is 4.20. The highest BCUT2D eigenvalue weighted by atomic mass is 16.5. The van der Waals surface area contributed by atoms with Crippen LogP contribution in [0, 0.1) is 0 Å². The van der Waals surface area contributed by atoms with Crippen molar-refractivity contribution in [1.82, 2.24) is 4.98 Å². The molecule has 1 heterocycles. The van der Waals surface area contributed by atoms with Crippen LogP contribution < -0.4 is 15.2 Å². The average molecular weight is 272 g/mol. The molecule has 0 bridgehead atoms. The zero-order chi connectivity index (χ0) is 14.5. The molecule has 20 heavy (non-hydrogen) atoms. The Hall–Kier alpha value is -2.56. The first-order valence-electron chi connectivity index (χ1n) is 6.16. The van der Waals surface area contributed by atoms with Crippen molar-refractivity contribution >= 4 is 5.91 Å². The van der Waals surface area contributed by atoms with Crippen LogP contribution in [0.3, 0.4) is 0 Å². The molecule has 0 saturated heterocycles. The highest BCUT2D eigenvalue weighted by Gasteiger charge is 2.14. The topological polar surface area (TPSA) is 74.4 Å². The lowest BCUT2D eigenvalue weighted by Gasteiger charge is -2.15. The predicted molar refractivity (Wildman–Crippen MR) is 75.5 cm³/mol. The zero-order valence-electron chi connectivity index (χ0n) is 11.4. The van der Waals surface area contributed by atoms with Crippen molar-refractivity contribution in [1.29, 1.82) is 0 Å². The maximum atomic E-state index is 11.1. The molecule has 2 N–H and O–H groups in total. The second-order valence-corrected chi connectivity index (χ2v) is 4.27. The van der Waals surface area contributed by atoms with Crippen molar-refractivity contribution in [3.8, 4) is 22.6 Å². The van der Waals surface area contributed by atoms with Crippen LogP contribution in [0.25, 0.3) is 11.1 Å². The molecule has 0 aliphatic carbocycles. The second-order valence-electron chi connectivity index (χ2n) is 4.27. The van der Waals surface area contributed by atoms with Crippen LogP contribution in [0.1, 0.15) is 6.92 Å². The van der Waals surface area contributed by atoms with Gasteiger partial charge in [0, 0.05) is 17.3 Å². The molecular formula is C15H16N2O3. The van der Waals surface area contributed by atoms with Crippen molar-refractivity contribution in [3.05, 3.63) is 42.7 Å². The van der Waals surface area contributed by atoms with Crippen LogP contribution in [0.2, 0.25) is 0 Å². The monoisotopic (exact) mass is 272 g/mol. The van der Waals surface area contributed by atoms with Gasteiger partial charge in [-0.2, -0.15) is 0 Å². The molecule has 1 atom stereocenters. The number of hydrogen-bond donors (Lipinski definition) is 1. The van der Waals surface area contributed by atoms with E-state index in [4.69, 9.17) is 15.2 Å². The summed E-state index contributed by atoms with van der Waals surface area (Å²) in [7, 11) is 1.58. The fourth-order valence-electron chi connectivity index (χ4n) is 1.73. The van der Waals surface area contributed by atoms with Crippen molar-refractivity contribution in [3.63, 3.8) is 0 Å². The Balaban J connectivity index is 2.38. The maximum absolute atomic E-state index is 11.1. The van der Waals surface area contributed by atoms with Gasteiger partial charge in [-0.3, -0.25) is 9.78 Å². The van der Waals surface area contributed by atoms with Gasteiger partial charge in [-0.25, -0.2) is 0 Å². The summed E-state index contributed by atoms with van der Waals surface area (Å²) in [5.41, 5.74) is 6.89. The number of benzene rings is 1. The molecule has 5 heteroatoms. The Morgan fingerprint density at radius 2 is 2.05 bits per heavy atom. The molecule has 2 rings (SSSR count). The van der Waals surface area contributed by atoms with Crippen molar-refractivity contribution in [2.24, 2.45) is 5.73 Å². The number of amides is 1. The van der Waals surface area contributed by atoms with Gasteiger partial charge < -0.3 is 15.2 Å². The molecule has 0 fully saturated rings. The number of primary amides is 1. The van der Waals surface area contributed by atoms with E-state index in [0.29, 0.717) is 11.5 Å². The smallest absolute Gasteiger partial charge is 0.258 e. The van der Waals surface area contributed by atoms with Gasteiger partial charge in [0.1, 0.15) is 11.5 Å². The molecule has 104 valence electrons. The van der Waals surface area contributed by atoms with Gasteiger partial charge in [0.2, 0.25) is 0 Å². The molecule has 1 aromatic heterocycles. The Bertz CT molecular complexity index is 614. The van der Waals surface area contributed by atoms with Crippen LogP contribution in [0.4, 0.5) is 0 Å². The Morgan fingerprint density at radius 3 is 2.75 bits per heavy atom. The minimum atomic E-state index is -0.699. The predicted octanol–water partition coefficient (Wildman–Crippen LogP) is 2.01. The van der Waals surface area contributed by atoms with Gasteiger partial charge >= 0.3 is 0 Å². The highest BCUT2D eigenvalue weighted by molar-refractivity contribution is 5.79. The molecule has 2 aromatic rings. The van der Waals surface area contributed by atoms with E-state index in [9.17, 15) is 4.79 Å². The summed E-state index contributed by atoms with van der Waals surface area (Å²) in [5, 5.41) is 0. The van der Waals surface area contributed by atoms with Gasteiger partial charge in [-0.05, 0) is 19.1 Å². The third-order valence-electron chi connectivity index (χ3n) is 2.85. The summed E-state index contributed by atoms with van der Waals surface area (Å²) < 4.78 is 10.7. The average Bonchev–Trinajstić information content (AvgIpc) is 2.47. The van der Waals surface area contributed by atoms with E-state index in [1.165, 1.54) is 0 Å². The first-order chi connectivity index (χ1) is 9.61. The molecular weight excluding hydrogens is 256 g/mol. The number of ether oxygens (including phenoxy) is 2. The van der Waals surface area contributed by atoms with Gasteiger partial charge in [0.05, 0.1) is 13.3 Å². The summed E-state index contributed by atoms with van der Waals surface area (Å²) in [5.74, 6) is 0.720. The van der Waals surface area contributed by atoms with E-state index < -0.39 is 12.0 Å². The number of nitrogens with two attached hydrogens (primary N) is 1. The molecule has 5 nitrogen and oxygen atoms in total. The summed E-state index contributed by atoms with van der Waals surface area (Å²) in [6.07, 6.45) is 2.63. The van der Waals surface area contributed by atoms with Gasteiger partial charge in [0.15, 0.2) is 6.10 Å². The van der Waals surface area contributed by atoms with E-state index in [1.54, 1.807) is 32.5 Å². The lowest BCUT2D eigenvalue weighted by molar-refractivity contribution is -0.123. The maximum Gasteiger partial charge on any atom is 0.258 e. The van der Waals surface area contributed by atoms with Crippen molar-refractivity contribution in [2.75, 3.05) is 7.11 Å². The lowest BCUT2D eigenvalue weighted by Crippen LogP contribution is -2.30. The number of methoxy groups -OCH3 is 1. The number of rotatable bonds is 5. The zero-order valence-corrected chi connectivity index (χ0v) is 11.4. The van der Waals surface area contributed by atoms with Gasteiger partial charge in [0.25, 0.3) is 5.91 Å². The number of hydrogen-bond acceptors (Lipinski definition) is 4. The molecule has 0 spiro atoms. The normalized spacial score (nSPS) is 11.7. The highest BCUT2D eigenvalue weighted by Crippen LogP contribution is 2.31. The number of para-hydroxylation sites is 1. The van der Waals surface area contributed by atoms with E-state index in [0.717, 1.165) is 11.1 Å². The lowest BCUT2D eigenvalue weighted by atomic mass is 10.1. The number of aromatic nitrogens is 1. The van der Waals surface area contributed by atoms with E-state index in [-0.39, 0.29) is 0 Å². The fourth-order valence-corrected chi connectivity index (χ4v) is 1.73. The number of carbonyl (C=O) groups excluding carboxylic acids is 1. The van der Waals surface area contributed by atoms with Gasteiger partial charge in [-0.1, -0.05) is 18.2 Å². The third-order valence-corrected chi connectivity index (χ3v) is 2.85. The minimum Gasteiger partial charge on any atom is -0.495 e. The number of pyridine rings is 1. The largest absolute Gasteiger partial charge is 0.495 e. The van der Waals surface area contributed by atoms with E-state index in [2.05, 4.69) is 4.98 Å². The van der Waals surface area contributed by atoms with Crippen molar-refractivity contribution in [2.45, 2.75) is 13.0 Å². The Morgan fingerprint density at radius 1 is 1.30 bits per heavy atom.